The molecule has 6 heteroatoms. The van der Waals surface area contributed by atoms with Crippen molar-refractivity contribution in [3.8, 4) is 6.07 Å². The Hall–Kier alpha value is -2.62. The molecule has 1 atom stereocenters. The van der Waals surface area contributed by atoms with Crippen LogP contribution in [-0.2, 0) is 12.3 Å². The quantitative estimate of drug-likeness (QED) is 0.662. The summed E-state index contributed by atoms with van der Waals surface area (Å²) in [6, 6.07) is 20.6. The summed E-state index contributed by atoms with van der Waals surface area (Å²) in [6.07, 6.45) is 2.27. The van der Waals surface area contributed by atoms with Crippen LogP contribution in [0.3, 0.4) is 0 Å². The average Bonchev–Trinajstić information content (AvgIpc) is 3.37. The molecule has 4 rings (SSSR count). The van der Waals surface area contributed by atoms with Crippen molar-refractivity contribution in [2.24, 2.45) is 0 Å². The van der Waals surface area contributed by atoms with Crippen LogP contribution < -0.4 is 5.32 Å². The summed E-state index contributed by atoms with van der Waals surface area (Å²) in [6.45, 7) is 1.80. The molecule has 1 fully saturated rings. The molecule has 1 aromatic heterocycles. The smallest absolute Gasteiger partial charge is 0.191 e. The second-order valence-electron chi connectivity index (χ2n) is 6.66. The van der Waals surface area contributed by atoms with E-state index in [0.717, 1.165) is 41.8 Å². The number of hydrogen-bond acceptors (Lipinski definition) is 5. The first-order valence-electron chi connectivity index (χ1n) is 9.16. The number of nitrogens with one attached hydrogen (secondary N) is 1. The molecule has 1 aliphatic heterocycles. The van der Waals surface area contributed by atoms with Gasteiger partial charge >= 0.3 is 0 Å². The molecule has 136 valence electrons. The molecule has 0 spiro atoms. The van der Waals surface area contributed by atoms with E-state index in [9.17, 15) is 0 Å². The van der Waals surface area contributed by atoms with Crippen LogP contribution in [0.1, 0.15) is 41.4 Å². The molecule has 1 aliphatic rings. The number of nitriles is 1. The number of hydrogen-bond donors (Lipinski definition) is 1. The molecule has 3 aromatic rings. The van der Waals surface area contributed by atoms with Crippen LogP contribution >= 0.6 is 11.8 Å². The van der Waals surface area contributed by atoms with Crippen LogP contribution in [0.4, 0.5) is 0 Å². The minimum atomic E-state index is 0.275. The van der Waals surface area contributed by atoms with Gasteiger partial charge in [-0.25, -0.2) is 0 Å². The zero-order chi connectivity index (χ0) is 18.5. The molecule has 0 radical (unpaired) electrons. The monoisotopic (exact) mass is 375 g/mol. The Morgan fingerprint density at radius 3 is 2.74 bits per heavy atom. The number of thioether (sulfide) groups is 1. The van der Waals surface area contributed by atoms with Gasteiger partial charge in [0.2, 0.25) is 0 Å². The van der Waals surface area contributed by atoms with Crippen LogP contribution in [0.15, 0.2) is 59.8 Å². The van der Waals surface area contributed by atoms with E-state index in [1.807, 2.05) is 30.3 Å². The van der Waals surface area contributed by atoms with E-state index >= 15 is 0 Å². The molecule has 1 N–H and O–H groups in total. The van der Waals surface area contributed by atoms with E-state index in [1.165, 1.54) is 12.0 Å². The fraction of sp³-hybridized carbons (Fsp3) is 0.286. The van der Waals surface area contributed by atoms with Crippen LogP contribution in [0.5, 0.6) is 0 Å². The van der Waals surface area contributed by atoms with Crippen molar-refractivity contribution in [1.29, 1.82) is 5.26 Å². The third-order valence-corrected chi connectivity index (χ3v) is 5.76. The van der Waals surface area contributed by atoms with Crippen LogP contribution in [0.2, 0.25) is 0 Å². The first kappa shape index (κ1) is 17.8. The molecule has 0 aliphatic carbocycles. The lowest BCUT2D eigenvalue weighted by Crippen LogP contribution is -2.19. The first-order chi connectivity index (χ1) is 13.3. The Labute approximate surface area is 163 Å². The maximum Gasteiger partial charge on any atom is 0.191 e. The summed E-state index contributed by atoms with van der Waals surface area (Å²) in [4.78, 5) is 0. The minimum Gasteiger partial charge on any atom is -0.307 e. The summed E-state index contributed by atoms with van der Waals surface area (Å²) in [5.41, 5.74) is 3.05. The van der Waals surface area contributed by atoms with Crippen LogP contribution in [0.25, 0.3) is 0 Å². The molecule has 1 saturated heterocycles. The normalized spacial score (nSPS) is 16.3. The van der Waals surface area contributed by atoms with E-state index in [4.69, 9.17) is 5.26 Å². The van der Waals surface area contributed by atoms with Crippen molar-refractivity contribution in [3.05, 3.63) is 77.1 Å². The molecular formula is C21H21N5S. The SMILES string of the molecule is N#Cc1cccc(CSc2nnc(C3CCCN3)n2Cc2ccccc2)c1. The largest absolute Gasteiger partial charge is 0.307 e. The molecule has 27 heavy (non-hydrogen) atoms. The third-order valence-electron chi connectivity index (χ3n) is 4.72. The highest BCUT2D eigenvalue weighted by atomic mass is 32.2. The Morgan fingerprint density at radius 2 is 1.96 bits per heavy atom. The third kappa shape index (κ3) is 4.21. The zero-order valence-corrected chi connectivity index (χ0v) is 15.8. The topological polar surface area (TPSA) is 66.5 Å². The van der Waals surface area contributed by atoms with Crippen molar-refractivity contribution < 1.29 is 0 Å². The fourth-order valence-electron chi connectivity index (χ4n) is 3.36. The van der Waals surface area contributed by atoms with Gasteiger partial charge in [0.25, 0.3) is 0 Å². The Morgan fingerprint density at radius 1 is 1.11 bits per heavy atom. The highest BCUT2D eigenvalue weighted by Crippen LogP contribution is 2.28. The van der Waals surface area contributed by atoms with Crippen molar-refractivity contribution in [2.45, 2.75) is 36.3 Å². The minimum absolute atomic E-state index is 0.275. The predicted molar refractivity (Wildman–Crippen MR) is 106 cm³/mol. The number of rotatable bonds is 6. The number of benzene rings is 2. The lowest BCUT2D eigenvalue weighted by molar-refractivity contribution is 0.550. The van der Waals surface area contributed by atoms with Crippen molar-refractivity contribution in [2.75, 3.05) is 6.54 Å². The molecule has 0 saturated carbocycles. The summed E-state index contributed by atoms with van der Waals surface area (Å²) in [5.74, 6) is 1.78. The zero-order valence-electron chi connectivity index (χ0n) is 15.0. The molecular weight excluding hydrogens is 354 g/mol. The predicted octanol–water partition coefficient (Wildman–Crippen LogP) is 3.91. The van der Waals surface area contributed by atoms with Crippen LogP contribution in [0, 0.1) is 11.3 Å². The van der Waals surface area contributed by atoms with Gasteiger partial charge in [-0.05, 0) is 42.6 Å². The first-order valence-corrected chi connectivity index (χ1v) is 10.1. The molecule has 2 aromatic carbocycles. The standard InChI is InChI=1S/C21H21N5S/c22-13-17-8-4-9-18(12-17)15-27-21-25-24-20(19-10-5-11-23-19)26(21)14-16-6-2-1-3-7-16/h1-4,6-9,12,19,23H,5,10-11,14-15H2. The Balaban J connectivity index is 1.58. The molecule has 1 unspecified atom stereocenters. The van der Waals surface area contributed by atoms with Gasteiger partial charge in [-0.3, -0.25) is 0 Å². The van der Waals surface area contributed by atoms with E-state index in [-0.39, 0.29) is 6.04 Å². The van der Waals surface area contributed by atoms with Gasteiger partial charge in [0, 0.05) is 5.75 Å². The molecule has 5 nitrogen and oxygen atoms in total. The van der Waals surface area contributed by atoms with Crippen molar-refractivity contribution >= 4 is 11.8 Å². The van der Waals surface area contributed by atoms with Gasteiger partial charge in [-0.1, -0.05) is 54.2 Å². The van der Waals surface area contributed by atoms with E-state index < -0.39 is 0 Å². The van der Waals surface area contributed by atoms with Gasteiger partial charge in [0.1, 0.15) is 0 Å². The molecule has 0 bridgehead atoms. The highest BCUT2D eigenvalue weighted by Gasteiger charge is 2.24. The van der Waals surface area contributed by atoms with E-state index in [2.05, 4.69) is 50.4 Å². The van der Waals surface area contributed by atoms with Crippen LogP contribution in [-0.4, -0.2) is 21.3 Å². The summed E-state index contributed by atoms with van der Waals surface area (Å²) < 4.78 is 2.23. The summed E-state index contributed by atoms with van der Waals surface area (Å²) in [5, 5.41) is 22.5. The second-order valence-corrected chi connectivity index (χ2v) is 7.60. The van der Waals surface area contributed by atoms with Gasteiger partial charge in [-0.15, -0.1) is 10.2 Å². The number of aromatic nitrogens is 3. The average molecular weight is 376 g/mol. The Bertz CT molecular complexity index is 939. The molecule has 0 amide bonds. The lowest BCUT2D eigenvalue weighted by Gasteiger charge is -2.14. The number of nitrogens with zero attached hydrogens (tertiary/aromatic N) is 4. The summed E-state index contributed by atoms with van der Waals surface area (Å²) in [7, 11) is 0. The van der Waals surface area contributed by atoms with Gasteiger partial charge in [-0.2, -0.15) is 5.26 Å². The fourth-order valence-corrected chi connectivity index (χ4v) is 4.25. The van der Waals surface area contributed by atoms with Crippen molar-refractivity contribution in [1.82, 2.24) is 20.1 Å². The van der Waals surface area contributed by atoms with Gasteiger partial charge < -0.3 is 9.88 Å². The van der Waals surface area contributed by atoms with Gasteiger partial charge in [0.05, 0.1) is 24.2 Å². The molecule has 2 heterocycles. The van der Waals surface area contributed by atoms with E-state index in [1.54, 1.807) is 11.8 Å². The highest BCUT2D eigenvalue weighted by molar-refractivity contribution is 7.98. The van der Waals surface area contributed by atoms with Crippen molar-refractivity contribution in [3.63, 3.8) is 0 Å². The second kappa shape index (κ2) is 8.38. The Kier molecular flexibility index (Phi) is 5.52. The van der Waals surface area contributed by atoms with E-state index in [0.29, 0.717) is 5.56 Å². The maximum atomic E-state index is 9.09. The summed E-state index contributed by atoms with van der Waals surface area (Å²) >= 11 is 1.67. The van der Waals surface area contributed by atoms with Gasteiger partial charge in [0.15, 0.2) is 11.0 Å². The lowest BCUT2D eigenvalue weighted by atomic mass is 10.2. The maximum absolute atomic E-state index is 9.09.